The lowest BCUT2D eigenvalue weighted by Gasteiger charge is -2.32. The molecule has 0 saturated carbocycles. The molecule has 1 atom stereocenters. The van der Waals surface area contributed by atoms with Gasteiger partial charge in [0.1, 0.15) is 17.4 Å². The molecule has 0 aromatic heterocycles. The lowest BCUT2D eigenvalue weighted by molar-refractivity contribution is -0.123. The molecule has 0 aliphatic carbocycles. The summed E-state index contributed by atoms with van der Waals surface area (Å²) in [6, 6.07) is 21.4. The smallest absolute Gasteiger partial charge is 0.408 e. The van der Waals surface area contributed by atoms with E-state index < -0.39 is 17.7 Å². The summed E-state index contributed by atoms with van der Waals surface area (Å²) in [4.78, 5) is 29.8. The first kappa shape index (κ1) is 41.2. The molecule has 3 rings (SSSR count). The van der Waals surface area contributed by atoms with Crippen LogP contribution in [0.3, 0.4) is 0 Å². The molecule has 3 aromatic carbocycles. The van der Waals surface area contributed by atoms with Crippen LogP contribution in [0.5, 0.6) is 5.75 Å². The number of alkyl halides is 1. The van der Waals surface area contributed by atoms with Crippen LogP contribution in [0, 0.1) is 0 Å². The van der Waals surface area contributed by atoms with Crippen LogP contribution in [-0.2, 0) is 22.5 Å². The number of amides is 2. The molecule has 260 valence electrons. The Balaban J connectivity index is 0.00000392. The second-order valence-corrected chi connectivity index (χ2v) is 13.9. The first-order chi connectivity index (χ1) is 22.8. The molecule has 0 aliphatic rings. The lowest BCUT2D eigenvalue weighted by atomic mass is 10.0. The van der Waals surface area contributed by atoms with Crippen molar-refractivity contribution < 1.29 is 17.4 Å². The van der Waals surface area contributed by atoms with Gasteiger partial charge in [-0.25, -0.2) is 4.79 Å². The van der Waals surface area contributed by atoms with Crippen LogP contribution < -0.4 is 13.7 Å². The lowest BCUT2D eigenvalue weighted by Crippen LogP contribution is -2.50. The van der Waals surface area contributed by atoms with Crippen molar-refractivity contribution in [2.24, 2.45) is 0 Å². The summed E-state index contributed by atoms with van der Waals surface area (Å²) >= 11 is 6.40. The average molecular weight is 851 g/mol. The van der Waals surface area contributed by atoms with Crippen molar-refractivity contribution in [1.82, 2.24) is 15.5 Å². The highest BCUT2D eigenvalue weighted by molar-refractivity contribution is 14.1. The van der Waals surface area contributed by atoms with Gasteiger partial charge in [-0.2, -0.15) is 0 Å². The number of carbonyl (C=O) groups is 2. The maximum absolute atomic E-state index is 13.8. The van der Waals surface area contributed by atoms with E-state index in [1.165, 1.54) is 16.3 Å². The highest BCUT2D eigenvalue weighted by Gasteiger charge is 2.26. The van der Waals surface area contributed by atoms with E-state index in [0.717, 1.165) is 33.2 Å². The van der Waals surface area contributed by atoms with Gasteiger partial charge in [0.2, 0.25) is 5.91 Å². The van der Waals surface area contributed by atoms with Crippen LogP contribution >= 0.6 is 50.7 Å². The van der Waals surface area contributed by atoms with E-state index in [9.17, 15) is 9.59 Å². The Bertz CT molecular complexity index is 1580. The summed E-state index contributed by atoms with van der Waals surface area (Å²) in [6.45, 7) is 18.7. The third kappa shape index (κ3) is 13.5. The number of carbonyl (C=O) groups excluding carboxylic acids is 2. The first-order valence-electron chi connectivity index (χ1n) is 15.8. The van der Waals surface area contributed by atoms with E-state index in [1.807, 2.05) is 85.2 Å². The molecule has 48 heavy (non-hydrogen) atoms. The molecular weight excluding hydrogens is 801 g/mol. The normalized spacial score (nSPS) is 12.6. The van der Waals surface area contributed by atoms with Gasteiger partial charge in [-0.05, 0) is 104 Å². The van der Waals surface area contributed by atoms with Gasteiger partial charge in [0.05, 0.1) is 11.6 Å². The molecule has 0 aliphatic heterocycles. The highest BCUT2D eigenvalue weighted by Crippen LogP contribution is 2.35. The van der Waals surface area contributed by atoms with E-state index in [-0.39, 0.29) is 18.9 Å². The minimum atomic E-state index is -0.856. The third-order valence-corrected chi connectivity index (χ3v) is 8.77. The molecule has 0 fully saturated rings. The van der Waals surface area contributed by atoms with Gasteiger partial charge >= 0.3 is 6.09 Å². The number of allylic oxidation sites excluding steroid dienone is 3. The molecule has 7 nitrogen and oxygen atoms in total. The zero-order valence-electron chi connectivity index (χ0n) is 29.3. The maximum Gasteiger partial charge on any atom is 0.408 e. The molecule has 0 heterocycles. The van der Waals surface area contributed by atoms with E-state index in [0.29, 0.717) is 12.3 Å². The number of fused-ring (bicyclic) bond motifs is 1. The van der Waals surface area contributed by atoms with Crippen LogP contribution in [0.25, 0.3) is 10.8 Å². The minimum Gasteiger partial charge on any atom is -0.444 e. The van der Waals surface area contributed by atoms with Gasteiger partial charge in [0, 0.05) is 18.7 Å². The number of alkyl carbamates (subject to hydrolysis) is 1. The van der Waals surface area contributed by atoms with E-state index in [4.69, 9.17) is 7.80 Å². The summed E-state index contributed by atoms with van der Waals surface area (Å²) in [5.41, 5.74) is 3.48. The van der Waals surface area contributed by atoms with Crippen molar-refractivity contribution in [2.45, 2.75) is 79.5 Å². The Morgan fingerprint density at radius 2 is 1.65 bits per heavy atom. The second-order valence-electron chi connectivity index (χ2n) is 12.1. The number of nitrogens with zero attached hydrogens (tertiary/aromatic N) is 1. The Morgan fingerprint density at radius 1 is 1.02 bits per heavy atom. The van der Waals surface area contributed by atoms with E-state index >= 15 is 0 Å². The fraction of sp³-hybridized carbons (Fsp3) is 0.368. The minimum absolute atomic E-state index is 0.258. The highest BCUT2D eigenvalue weighted by atomic mass is 127. The number of hydrogen-bond donors (Lipinski definition) is 2. The van der Waals surface area contributed by atoms with Crippen molar-refractivity contribution in [3.05, 3.63) is 112 Å². The van der Waals surface area contributed by atoms with Crippen LogP contribution in [0.1, 0.15) is 66.0 Å². The molecule has 2 amide bonds. The SMILES string of the molecule is C=C(C)SC(=C(C)CC)N(Cc1ccc2ccccc2c1)/C(=C\C)CNC(=O)[C@H](Cc1ccc(OI)cc1)NC(=O)OC(C)(C)C.CBr. The van der Waals surface area contributed by atoms with Crippen LogP contribution in [0.15, 0.2) is 101 Å². The van der Waals surface area contributed by atoms with Crippen molar-refractivity contribution in [3.63, 3.8) is 0 Å². The Morgan fingerprint density at radius 3 is 2.21 bits per heavy atom. The average Bonchev–Trinajstić information content (AvgIpc) is 3.06. The van der Waals surface area contributed by atoms with Crippen molar-refractivity contribution in [2.75, 3.05) is 12.4 Å². The van der Waals surface area contributed by atoms with E-state index in [2.05, 4.69) is 82.2 Å². The summed E-state index contributed by atoms with van der Waals surface area (Å²) < 4.78 is 10.7. The van der Waals surface area contributed by atoms with Gasteiger partial charge in [-0.15, -0.1) is 0 Å². The van der Waals surface area contributed by atoms with Gasteiger partial charge in [0.25, 0.3) is 0 Å². The second kappa shape index (κ2) is 20.5. The molecular formula is C38H49BrIN3O4S. The van der Waals surface area contributed by atoms with Crippen molar-refractivity contribution in [1.29, 1.82) is 0 Å². The number of hydrogen-bond acceptors (Lipinski definition) is 6. The molecule has 10 heteroatoms. The van der Waals surface area contributed by atoms with Gasteiger partial charge < -0.3 is 23.3 Å². The predicted molar refractivity (Wildman–Crippen MR) is 214 cm³/mol. The zero-order valence-corrected chi connectivity index (χ0v) is 33.8. The summed E-state index contributed by atoms with van der Waals surface area (Å²) in [7, 11) is 0. The molecule has 0 radical (unpaired) electrons. The first-order valence-corrected chi connectivity index (χ1v) is 19.1. The molecule has 0 bridgehead atoms. The summed E-state index contributed by atoms with van der Waals surface area (Å²) in [5.74, 6) is 2.21. The molecule has 0 unspecified atom stereocenters. The number of halogens is 2. The largest absolute Gasteiger partial charge is 0.444 e. The predicted octanol–water partition coefficient (Wildman–Crippen LogP) is 10.4. The standard InChI is InChI=1S/C37H46IN3O4S.CH3Br/c1-9-26(5)35(46-25(3)4)41(24-28-15-18-29-13-11-12-14-30(29)21-28)31(10-2)23-39-34(42)33(40-36(43)44-37(6,7)8)22-27-16-19-32(45-38)20-17-27;1-2/h10-21,33H,3,9,22-24H2,1-2,4-8H3,(H,39,42)(H,40,43);1H3/b31-10-,35-26?;/t33-;/m0./s1. The van der Waals surface area contributed by atoms with Gasteiger partial charge in [-0.1, -0.05) is 95.8 Å². The van der Waals surface area contributed by atoms with E-state index in [1.54, 1.807) is 32.5 Å². The summed E-state index contributed by atoms with van der Waals surface area (Å²) in [6.07, 6.45) is 2.54. The monoisotopic (exact) mass is 849 g/mol. The molecule has 3 aromatic rings. The van der Waals surface area contributed by atoms with Crippen LogP contribution in [0.4, 0.5) is 4.79 Å². The quantitative estimate of drug-likeness (QED) is 0.124. The maximum atomic E-state index is 13.8. The number of thioether (sulfide) groups is 1. The summed E-state index contributed by atoms with van der Waals surface area (Å²) in [5, 5.41) is 9.35. The number of ether oxygens (including phenoxy) is 1. The topological polar surface area (TPSA) is 79.9 Å². The number of nitrogens with one attached hydrogen (secondary N) is 2. The fourth-order valence-corrected chi connectivity index (χ4v) is 5.97. The van der Waals surface area contributed by atoms with Crippen molar-refractivity contribution in [3.8, 4) is 5.75 Å². The van der Waals surface area contributed by atoms with Gasteiger partial charge in [-0.3, -0.25) is 4.79 Å². The van der Waals surface area contributed by atoms with Crippen molar-refractivity contribution >= 4 is 73.5 Å². The zero-order chi connectivity index (χ0) is 35.9. The molecule has 2 N–H and O–H groups in total. The Labute approximate surface area is 313 Å². The molecule has 0 saturated heterocycles. The Hall–Kier alpha value is -2.96. The number of rotatable bonds is 14. The van der Waals surface area contributed by atoms with Crippen LogP contribution in [-0.4, -0.2) is 40.9 Å². The fourth-order valence-electron chi connectivity index (χ4n) is 4.74. The van der Waals surface area contributed by atoms with Gasteiger partial charge in [0.15, 0.2) is 23.0 Å². The molecule has 0 spiro atoms. The Kier molecular flexibility index (Phi) is 17.6. The third-order valence-electron chi connectivity index (χ3n) is 7.15. The van der Waals surface area contributed by atoms with Crippen LogP contribution in [0.2, 0.25) is 0 Å². The number of benzene rings is 3.